The van der Waals surface area contributed by atoms with Gasteiger partial charge in [-0.2, -0.15) is 0 Å². The lowest BCUT2D eigenvalue weighted by atomic mass is 9.77. The number of ether oxygens (including phenoxy) is 5. The number of hydrogen-bond acceptors (Lipinski definition) is 9. The minimum Gasteiger partial charge on any atom is -0.493 e. The summed E-state index contributed by atoms with van der Waals surface area (Å²) < 4.78 is 26.9. The van der Waals surface area contributed by atoms with Crippen molar-refractivity contribution in [3.63, 3.8) is 0 Å². The van der Waals surface area contributed by atoms with Crippen molar-refractivity contribution in [2.75, 3.05) is 38.7 Å². The summed E-state index contributed by atoms with van der Waals surface area (Å²) in [6.45, 7) is 0.119. The number of carbonyl (C=O) groups excluding carboxylic acids is 2. The molecule has 0 radical (unpaired) electrons. The largest absolute Gasteiger partial charge is 0.493 e. The molecule has 2 unspecified atom stereocenters. The lowest BCUT2D eigenvalue weighted by Gasteiger charge is -2.47. The maximum Gasteiger partial charge on any atom is 0.411 e. The molecular formula is C33H31N3O9. The van der Waals surface area contributed by atoms with Crippen molar-refractivity contribution in [1.82, 2.24) is 0 Å². The lowest BCUT2D eigenvalue weighted by molar-refractivity contribution is -0.385. The van der Waals surface area contributed by atoms with Crippen LogP contribution in [0.5, 0.6) is 23.0 Å². The van der Waals surface area contributed by atoms with Gasteiger partial charge in [-0.15, -0.1) is 0 Å². The van der Waals surface area contributed by atoms with Crippen molar-refractivity contribution < 1.29 is 38.2 Å². The number of nitrogens with one attached hydrogen (secondary N) is 1. The number of methoxy groups -OCH3 is 4. The molecule has 45 heavy (non-hydrogen) atoms. The highest BCUT2D eigenvalue weighted by atomic mass is 16.6. The van der Waals surface area contributed by atoms with E-state index in [1.165, 1.54) is 45.5 Å². The Kier molecular flexibility index (Phi) is 9.03. The van der Waals surface area contributed by atoms with Crippen molar-refractivity contribution in [2.45, 2.75) is 18.6 Å². The average Bonchev–Trinajstić information content (AvgIpc) is 3.06. The Morgan fingerprint density at radius 3 is 2.02 bits per heavy atom. The number of hydrogen-bond donors (Lipinski definition) is 1. The van der Waals surface area contributed by atoms with Crippen LogP contribution in [0.2, 0.25) is 0 Å². The highest BCUT2D eigenvalue weighted by Crippen LogP contribution is 2.52. The van der Waals surface area contributed by atoms with Crippen LogP contribution >= 0.6 is 0 Å². The monoisotopic (exact) mass is 613 g/mol. The zero-order chi connectivity index (χ0) is 32.1. The predicted octanol–water partition coefficient (Wildman–Crippen LogP) is 6.25. The zero-order valence-electron chi connectivity index (χ0n) is 25.0. The van der Waals surface area contributed by atoms with Gasteiger partial charge in [0.2, 0.25) is 11.7 Å². The number of nitrogens with zero attached hydrogens (tertiary/aromatic N) is 2. The van der Waals surface area contributed by atoms with Crippen LogP contribution in [0.1, 0.15) is 28.7 Å². The SMILES string of the molecule is COc1ccc(C2C(c3ccc(NC(=O)OCc4ccccc4)cc3)C(=O)N2c2cc(OC)c(OC)c(OC)c2)cc1[N+](=O)[O-]. The van der Waals surface area contributed by atoms with E-state index in [0.29, 0.717) is 39.8 Å². The van der Waals surface area contributed by atoms with Gasteiger partial charge < -0.3 is 28.6 Å². The first-order chi connectivity index (χ1) is 21.8. The highest BCUT2D eigenvalue weighted by Gasteiger charge is 2.50. The predicted molar refractivity (Wildman–Crippen MR) is 165 cm³/mol. The Hall–Kier alpha value is -5.78. The van der Waals surface area contributed by atoms with Crippen LogP contribution in [0.4, 0.5) is 21.9 Å². The number of nitro benzene ring substituents is 1. The van der Waals surface area contributed by atoms with Gasteiger partial charge in [-0.05, 0) is 34.9 Å². The first-order valence-corrected chi connectivity index (χ1v) is 13.8. The van der Waals surface area contributed by atoms with Crippen LogP contribution in [-0.4, -0.2) is 45.4 Å². The summed E-state index contributed by atoms with van der Waals surface area (Å²) in [4.78, 5) is 39.1. The Morgan fingerprint density at radius 1 is 0.822 bits per heavy atom. The molecule has 12 nitrogen and oxygen atoms in total. The molecule has 0 aliphatic carbocycles. The summed E-state index contributed by atoms with van der Waals surface area (Å²) in [5.41, 5.74) is 2.72. The van der Waals surface area contributed by atoms with Crippen molar-refractivity contribution in [1.29, 1.82) is 0 Å². The summed E-state index contributed by atoms with van der Waals surface area (Å²) in [5.74, 6) is 0.191. The van der Waals surface area contributed by atoms with E-state index in [9.17, 15) is 19.7 Å². The van der Waals surface area contributed by atoms with E-state index < -0.39 is 23.0 Å². The number of carbonyl (C=O) groups is 2. The fourth-order valence-electron chi connectivity index (χ4n) is 5.33. The number of rotatable bonds is 11. The molecule has 1 aliphatic heterocycles. The number of amides is 2. The van der Waals surface area contributed by atoms with Gasteiger partial charge in [0.1, 0.15) is 6.61 Å². The molecule has 1 fully saturated rings. The van der Waals surface area contributed by atoms with Gasteiger partial charge in [-0.3, -0.25) is 20.2 Å². The van der Waals surface area contributed by atoms with E-state index in [1.807, 2.05) is 30.3 Å². The second-order valence-corrected chi connectivity index (χ2v) is 10.0. The average molecular weight is 614 g/mol. The van der Waals surface area contributed by atoms with Crippen LogP contribution in [0.25, 0.3) is 0 Å². The Morgan fingerprint density at radius 2 is 1.44 bits per heavy atom. The molecule has 0 bridgehead atoms. The van der Waals surface area contributed by atoms with Gasteiger partial charge in [0, 0.05) is 23.9 Å². The molecule has 5 rings (SSSR count). The smallest absolute Gasteiger partial charge is 0.411 e. The van der Waals surface area contributed by atoms with Gasteiger partial charge in [-0.25, -0.2) is 4.79 Å². The molecule has 232 valence electrons. The van der Waals surface area contributed by atoms with Crippen molar-refractivity contribution in [3.05, 3.63) is 112 Å². The molecule has 12 heteroatoms. The van der Waals surface area contributed by atoms with E-state index in [2.05, 4.69) is 5.32 Å². The minimum atomic E-state index is -0.698. The van der Waals surface area contributed by atoms with Crippen molar-refractivity contribution >= 4 is 29.1 Å². The van der Waals surface area contributed by atoms with Gasteiger partial charge in [0.25, 0.3) is 0 Å². The third-order valence-corrected chi connectivity index (χ3v) is 7.50. The van der Waals surface area contributed by atoms with E-state index in [-0.39, 0.29) is 24.0 Å². The molecule has 2 atom stereocenters. The first kappa shape index (κ1) is 30.7. The zero-order valence-corrected chi connectivity index (χ0v) is 25.0. The minimum absolute atomic E-state index is 0.0971. The van der Waals surface area contributed by atoms with Gasteiger partial charge in [0.05, 0.1) is 51.0 Å². The summed E-state index contributed by atoms with van der Waals surface area (Å²) in [7, 11) is 5.77. The van der Waals surface area contributed by atoms with Gasteiger partial charge in [-0.1, -0.05) is 48.5 Å². The number of β-lactam (4-membered cyclic amide) rings is 1. The standard InChI is InChI=1S/C33H31N3O9/c1-41-26-15-12-22(16-25(26)36(39)40)30-29(32(37)35(30)24-17-27(42-2)31(44-4)28(18-24)43-3)21-10-13-23(14-11-21)34-33(38)45-19-20-8-6-5-7-9-20/h5-18,29-30H,19H2,1-4H3,(H,34,38). The molecule has 1 saturated heterocycles. The highest BCUT2D eigenvalue weighted by molar-refractivity contribution is 6.07. The van der Waals surface area contributed by atoms with Crippen LogP contribution in [0.3, 0.4) is 0 Å². The van der Waals surface area contributed by atoms with Crippen LogP contribution in [0, 0.1) is 10.1 Å². The number of anilines is 2. The normalized spacial score (nSPS) is 15.5. The van der Waals surface area contributed by atoms with Gasteiger partial charge >= 0.3 is 11.8 Å². The summed E-state index contributed by atoms with van der Waals surface area (Å²) in [5, 5.41) is 14.6. The van der Waals surface area contributed by atoms with Crippen LogP contribution in [-0.2, 0) is 16.1 Å². The number of nitro groups is 1. The molecule has 1 heterocycles. The summed E-state index contributed by atoms with van der Waals surface area (Å²) >= 11 is 0. The molecule has 4 aromatic rings. The molecule has 0 spiro atoms. The molecule has 1 N–H and O–H groups in total. The Bertz CT molecular complexity index is 1690. The second-order valence-electron chi connectivity index (χ2n) is 10.0. The van der Waals surface area contributed by atoms with Crippen molar-refractivity contribution in [3.8, 4) is 23.0 Å². The first-order valence-electron chi connectivity index (χ1n) is 13.8. The van der Waals surface area contributed by atoms with E-state index in [4.69, 9.17) is 23.7 Å². The number of benzene rings is 4. The van der Waals surface area contributed by atoms with E-state index in [0.717, 1.165) is 5.56 Å². The van der Waals surface area contributed by atoms with Crippen LogP contribution in [0.15, 0.2) is 84.9 Å². The molecular weight excluding hydrogens is 582 g/mol. The fraction of sp³-hybridized carbons (Fsp3) is 0.212. The van der Waals surface area contributed by atoms with E-state index in [1.54, 1.807) is 42.5 Å². The Labute approximate surface area is 259 Å². The molecule has 1 aliphatic rings. The van der Waals surface area contributed by atoms with E-state index >= 15 is 0 Å². The fourth-order valence-corrected chi connectivity index (χ4v) is 5.33. The molecule has 0 saturated carbocycles. The maximum atomic E-state index is 13.9. The van der Waals surface area contributed by atoms with Crippen LogP contribution < -0.4 is 29.2 Å². The van der Waals surface area contributed by atoms with Crippen molar-refractivity contribution in [2.24, 2.45) is 0 Å². The second kappa shape index (κ2) is 13.2. The lowest BCUT2D eigenvalue weighted by Crippen LogP contribution is -2.53. The summed E-state index contributed by atoms with van der Waals surface area (Å²) in [6.07, 6.45) is -0.622. The van der Waals surface area contributed by atoms with Gasteiger partial charge in [0.15, 0.2) is 17.2 Å². The molecule has 0 aromatic heterocycles. The molecule has 2 amide bonds. The quantitative estimate of drug-likeness (QED) is 0.118. The third-order valence-electron chi connectivity index (χ3n) is 7.50. The topological polar surface area (TPSA) is 139 Å². The third kappa shape index (κ3) is 6.16. The maximum absolute atomic E-state index is 13.9. The Balaban J connectivity index is 1.46. The molecule has 4 aromatic carbocycles. The summed E-state index contributed by atoms with van der Waals surface area (Å²) in [6, 6.07) is 23.4.